The van der Waals surface area contributed by atoms with Crippen LogP contribution < -0.4 is 0 Å². The molecule has 0 saturated carbocycles. The number of nitrogens with one attached hydrogen (secondary N) is 1. The molecule has 0 radical (unpaired) electrons. The van der Waals surface area contributed by atoms with Gasteiger partial charge in [-0.2, -0.15) is 4.31 Å². The minimum Gasteiger partial charge on any atom is -0.456 e. The van der Waals surface area contributed by atoms with Crippen LogP contribution in [-0.4, -0.2) is 36.8 Å². The van der Waals surface area contributed by atoms with Gasteiger partial charge in [0.25, 0.3) is 0 Å². The van der Waals surface area contributed by atoms with Gasteiger partial charge in [-0.25, -0.2) is 13.2 Å². The first-order valence-electron chi connectivity index (χ1n) is 7.88. The first kappa shape index (κ1) is 16.7. The highest BCUT2D eigenvalue weighted by Gasteiger charge is 2.28. The van der Waals surface area contributed by atoms with Crippen molar-refractivity contribution in [3.63, 3.8) is 0 Å². The Bertz CT molecular complexity index is 819. The van der Waals surface area contributed by atoms with Crippen LogP contribution in [0.3, 0.4) is 0 Å². The number of carbonyl (C=O) groups is 1. The van der Waals surface area contributed by atoms with Gasteiger partial charge in [-0.15, -0.1) is 0 Å². The Hall–Kier alpha value is -2.12. The molecule has 0 unspecified atom stereocenters. The lowest BCUT2D eigenvalue weighted by Gasteiger charge is -2.13. The summed E-state index contributed by atoms with van der Waals surface area (Å²) < 4.78 is 31.5. The second kappa shape index (κ2) is 6.78. The van der Waals surface area contributed by atoms with E-state index in [-0.39, 0.29) is 17.2 Å². The van der Waals surface area contributed by atoms with Gasteiger partial charge in [0.2, 0.25) is 10.0 Å². The zero-order chi connectivity index (χ0) is 17.2. The van der Waals surface area contributed by atoms with Crippen molar-refractivity contribution in [1.82, 2.24) is 9.29 Å². The molecule has 128 valence electrons. The Morgan fingerprint density at radius 1 is 1.21 bits per heavy atom. The predicted molar refractivity (Wildman–Crippen MR) is 89.1 cm³/mol. The van der Waals surface area contributed by atoms with Crippen molar-refractivity contribution in [3.8, 4) is 0 Å². The van der Waals surface area contributed by atoms with Crippen LogP contribution >= 0.6 is 0 Å². The Kier molecular flexibility index (Phi) is 4.73. The summed E-state index contributed by atoms with van der Waals surface area (Å²) in [5.41, 5.74) is 2.15. The van der Waals surface area contributed by atoms with Gasteiger partial charge in [-0.3, -0.25) is 0 Å². The molecule has 2 heterocycles. The first-order valence-corrected chi connectivity index (χ1v) is 9.32. The van der Waals surface area contributed by atoms with Crippen LogP contribution in [0.1, 0.15) is 34.5 Å². The number of carbonyl (C=O) groups excluding carboxylic acids is 1. The van der Waals surface area contributed by atoms with Crippen LogP contribution in [-0.2, 0) is 21.4 Å². The quantitative estimate of drug-likeness (QED) is 0.842. The standard InChI is InChI=1S/C17H20N2O4S/c1-13-4-6-14(7-5-13)12-23-17(20)16-10-15(11-18-16)24(21,22)19-8-2-3-9-19/h4-7,10-11,18H,2-3,8-9,12H2,1H3. The molecule has 1 saturated heterocycles. The van der Waals surface area contributed by atoms with Crippen LogP contribution in [0.25, 0.3) is 0 Å². The molecule has 1 N–H and O–H groups in total. The monoisotopic (exact) mass is 348 g/mol. The van der Waals surface area contributed by atoms with E-state index in [2.05, 4.69) is 4.98 Å². The van der Waals surface area contributed by atoms with E-state index in [0.717, 1.165) is 24.0 Å². The molecule has 3 rings (SSSR count). The Morgan fingerprint density at radius 3 is 2.54 bits per heavy atom. The van der Waals surface area contributed by atoms with Gasteiger partial charge in [-0.05, 0) is 31.4 Å². The summed E-state index contributed by atoms with van der Waals surface area (Å²) in [5.74, 6) is -0.571. The highest BCUT2D eigenvalue weighted by atomic mass is 32.2. The van der Waals surface area contributed by atoms with Crippen molar-refractivity contribution in [2.24, 2.45) is 0 Å². The van der Waals surface area contributed by atoms with Gasteiger partial charge in [0.05, 0.1) is 0 Å². The van der Waals surface area contributed by atoms with Crippen molar-refractivity contribution in [1.29, 1.82) is 0 Å². The second-order valence-corrected chi connectivity index (χ2v) is 7.86. The molecule has 1 fully saturated rings. The summed E-state index contributed by atoms with van der Waals surface area (Å²) in [6, 6.07) is 9.00. The Balaban J connectivity index is 1.66. The molecule has 1 aromatic carbocycles. The zero-order valence-electron chi connectivity index (χ0n) is 13.5. The number of esters is 1. The minimum atomic E-state index is -3.53. The van der Waals surface area contributed by atoms with E-state index < -0.39 is 16.0 Å². The highest BCUT2D eigenvalue weighted by Crippen LogP contribution is 2.21. The molecular weight excluding hydrogens is 328 g/mol. The molecule has 6 nitrogen and oxygen atoms in total. The Morgan fingerprint density at radius 2 is 1.88 bits per heavy atom. The molecule has 0 aliphatic carbocycles. The number of benzene rings is 1. The summed E-state index contributed by atoms with van der Waals surface area (Å²) in [4.78, 5) is 14.9. The molecule has 7 heteroatoms. The second-order valence-electron chi connectivity index (χ2n) is 5.92. The number of rotatable bonds is 5. The number of hydrogen-bond acceptors (Lipinski definition) is 4. The maximum atomic E-state index is 12.4. The lowest BCUT2D eigenvalue weighted by molar-refractivity contribution is 0.0466. The van der Waals surface area contributed by atoms with E-state index in [4.69, 9.17) is 4.74 Å². The molecule has 1 aliphatic heterocycles. The maximum absolute atomic E-state index is 12.4. The van der Waals surface area contributed by atoms with E-state index in [1.807, 2.05) is 31.2 Å². The molecule has 1 aromatic heterocycles. The third kappa shape index (κ3) is 3.52. The fourth-order valence-corrected chi connectivity index (χ4v) is 4.14. The van der Waals surface area contributed by atoms with Crippen LogP contribution in [0.2, 0.25) is 0 Å². The van der Waals surface area contributed by atoms with Crippen molar-refractivity contribution in [3.05, 3.63) is 53.3 Å². The molecule has 0 spiro atoms. The summed E-state index contributed by atoms with van der Waals surface area (Å²) >= 11 is 0. The number of hydrogen-bond donors (Lipinski definition) is 1. The largest absolute Gasteiger partial charge is 0.456 e. The summed E-state index contributed by atoms with van der Waals surface area (Å²) in [6.45, 7) is 3.19. The number of sulfonamides is 1. The third-order valence-electron chi connectivity index (χ3n) is 4.07. The maximum Gasteiger partial charge on any atom is 0.355 e. The average molecular weight is 348 g/mol. The van der Waals surface area contributed by atoms with Crippen LogP contribution in [0.15, 0.2) is 41.4 Å². The molecule has 0 amide bonds. The highest BCUT2D eigenvalue weighted by molar-refractivity contribution is 7.89. The summed E-state index contributed by atoms with van der Waals surface area (Å²) in [5, 5.41) is 0. The van der Waals surface area contributed by atoms with E-state index in [1.54, 1.807) is 0 Å². The molecular formula is C17H20N2O4S. The fraction of sp³-hybridized carbons (Fsp3) is 0.353. The third-order valence-corrected chi connectivity index (χ3v) is 5.95. The Labute approximate surface area is 141 Å². The van der Waals surface area contributed by atoms with Crippen LogP contribution in [0.5, 0.6) is 0 Å². The normalized spacial score (nSPS) is 15.5. The number of ether oxygens (including phenoxy) is 1. The van der Waals surface area contributed by atoms with Gasteiger partial charge in [0, 0.05) is 19.3 Å². The van der Waals surface area contributed by atoms with E-state index in [0.29, 0.717) is 13.1 Å². The van der Waals surface area contributed by atoms with Crippen molar-refractivity contribution in [2.75, 3.05) is 13.1 Å². The average Bonchev–Trinajstić information content (AvgIpc) is 3.26. The van der Waals surface area contributed by atoms with Gasteiger partial charge in [0.15, 0.2) is 0 Å². The van der Waals surface area contributed by atoms with Crippen LogP contribution in [0.4, 0.5) is 0 Å². The van der Waals surface area contributed by atoms with Crippen molar-refractivity contribution >= 4 is 16.0 Å². The minimum absolute atomic E-state index is 0.103. The number of aromatic nitrogens is 1. The summed E-state index contributed by atoms with van der Waals surface area (Å²) in [6.07, 6.45) is 3.08. The molecule has 1 aliphatic rings. The van der Waals surface area contributed by atoms with Gasteiger partial charge in [-0.1, -0.05) is 29.8 Å². The molecule has 0 atom stereocenters. The molecule has 24 heavy (non-hydrogen) atoms. The van der Waals surface area contributed by atoms with E-state index in [1.165, 1.54) is 16.6 Å². The fourth-order valence-electron chi connectivity index (χ4n) is 2.63. The van der Waals surface area contributed by atoms with E-state index in [9.17, 15) is 13.2 Å². The van der Waals surface area contributed by atoms with Gasteiger partial charge < -0.3 is 9.72 Å². The smallest absolute Gasteiger partial charge is 0.355 e. The number of aromatic amines is 1. The number of aryl methyl sites for hydroxylation is 1. The SMILES string of the molecule is Cc1ccc(COC(=O)c2cc(S(=O)(=O)N3CCCC3)c[nH]2)cc1. The zero-order valence-corrected chi connectivity index (χ0v) is 14.3. The van der Waals surface area contributed by atoms with Crippen molar-refractivity contribution in [2.45, 2.75) is 31.3 Å². The molecule has 2 aromatic rings. The lowest BCUT2D eigenvalue weighted by Crippen LogP contribution is -2.27. The van der Waals surface area contributed by atoms with Gasteiger partial charge in [0.1, 0.15) is 17.2 Å². The van der Waals surface area contributed by atoms with E-state index >= 15 is 0 Å². The molecule has 0 bridgehead atoms. The topological polar surface area (TPSA) is 79.5 Å². The predicted octanol–water partition coefficient (Wildman–Crippen LogP) is 2.46. The lowest BCUT2D eigenvalue weighted by atomic mass is 10.2. The van der Waals surface area contributed by atoms with Gasteiger partial charge >= 0.3 is 5.97 Å². The van der Waals surface area contributed by atoms with Crippen LogP contribution in [0, 0.1) is 6.92 Å². The summed E-state index contributed by atoms with van der Waals surface area (Å²) in [7, 11) is -3.53. The number of H-pyrrole nitrogens is 1. The number of nitrogens with zero attached hydrogens (tertiary/aromatic N) is 1. The van der Waals surface area contributed by atoms with Crippen molar-refractivity contribution < 1.29 is 17.9 Å². The first-order chi connectivity index (χ1) is 11.5.